The molecule has 0 heterocycles. The lowest BCUT2D eigenvalue weighted by Crippen LogP contribution is -2.36. The van der Waals surface area contributed by atoms with Gasteiger partial charge in [0.05, 0.1) is 4.90 Å². The molecule has 1 rings (SSSR count). The molecule has 0 spiro atoms. The van der Waals surface area contributed by atoms with E-state index in [4.69, 9.17) is 5.11 Å². The van der Waals surface area contributed by atoms with Gasteiger partial charge in [-0.15, -0.1) is 0 Å². The van der Waals surface area contributed by atoms with Crippen molar-refractivity contribution in [2.24, 2.45) is 5.41 Å². The fourth-order valence-electron chi connectivity index (χ4n) is 1.12. The van der Waals surface area contributed by atoms with Crippen molar-refractivity contribution in [3.8, 4) is 0 Å². The number of hydrogen-bond donors (Lipinski definition) is 2. The quantitative estimate of drug-likeness (QED) is 0.860. The minimum atomic E-state index is -3.73. The minimum Gasteiger partial charge on any atom is -0.396 e. The Bertz CT molecular complexity index is 531. The molecule has 2 N–H and O–H groups in total. The third kappa shape index (κ3) is 4.01. The Kier molecular flexibility index (Phi) is 4.88. The largest absolute Gasteiger partial charge is 0.396 e. The Morgan fingerprint density at radius 1 is 1.44 bits per heavy atom. The Morgan fingerprint density at radius 2 is 2.06 bits per heavy atom. The Balaban J connectivity index is 2.94. The van der Waals surface area contributed by atoms with E-state index < -0.39 is 21.3 Å². The van der Waals surface area contributed by atoms with E-state index in [-0.39, 0.29) is 22.5 Å². The zero-order valence-electron chi connectivity index (χ0n) is 10.1. The Morgan fingerprint density at radius 3 is 2.56 bits per heavy atom. The molecular formula is C11H15BrFNO3S. The van der Waals surface area contributed by atoms with E-state index in [1.54, 1.807) is 13.8 Å². The van der Waals surface area contributed by atoms with Gasteiger partial charge in [-0.1, -0.05) is 13.8 Å². The lowest BCUT2D eigenvalue weighted by molar-refractivity contribution is 0.163. The van der Waals surface area contributed by atoms with Crippen molar-refractivity contribution in [2.75, 3.05) is 13.2 Å². The van der Waals surface area contributed by atoms with Gasteiger partial charge in [-0.2, -0.15) is 0 Å². The predicted molar refractivity (Wildman–Crippen MR) is 70.2 cm³/mol. The first-order chi connectivity index (χ1) is 8.18. The molecule has 18 heavy (non-hydrogen) atoms. The first kappa shape index (κ1) is 15.6. The fraction of sp³-hybridized carbons (Fsp3) is 0.455. The van der Waals surface area contributed by atoms with Crippen LogP contribution in [-0.4, -0.2) is 26.7 Å². The second kappa shape index (κ2) is 5.64. The fourth-order valence-corrected chi connectivity index (χ4v) is 3.41. The molecule has 0 aliphatic rings. The SMILES string of the molecule is CC(C)(CO)CNS(=O)(=O)c1ccc(F)cc1Br. The van der Waals surface area contributed by atoms with Gasteiger partial charge in [0.1, 0.15) is 5.82 Å². The maximum absolute atomic E-state index is 12.9. The molecule has 0 amide bonds. The Labute approximate surface area is 114 Å². The van der Waals surface area contributed by atoms with E-state index in [2.05, 4.69) is 20.7 Å². The summed E-state index contributed by atoms with van der Waals surface area (Å²) in [6.07, 6.45) is 0. The summed E-state index contributed by atoms with van der Waals surface area (Å²) in [6, 6.07) is 3.36. The normalized spacial score (nSPS) is 12.7. The zero-order valence-corrected chi connectivity index (χ0v) is 12.5. The van der Waals surface area contributed by atoms with Crippen LogP contribution in [0.15, 0.2) is 27.6 Å². The molecule has 1 aromatic rings. The van der Waals surface area contributed by atoms with Crippen molar-refractivity contribution < 1.29 is 17.9 Å². The summed E-state index contributed by atoms with van der Waals surface area (Å²) in [6.45, 7) is 3.42. The van der Waals surface area contributed by atoms with Gasteiger partial charge in [0.15, 0.2) is 0 Å². The van der Waals surface area contributed by atoms with Gasteiger partial charge in [0, 0.05) is 23.0 Å². The molecule has 0 aliphatic heterocycles. The topological polar surface area (TPSA) is 66.4 Å². The molecule has 0 saturated heterocycles. The van der Waals surface area contributed by atoms with Crippen LogP contribution >= 0.6 is 15.9 Å². The van der Waals surface area contributed by atoms with Crippen LogP contribution in [0, 0.1) is 11.2 Å². The van der Waals surface area contributed by atoms with Crippen LogP contribution < -0.4 is 4.72 Å². The van der Waals surface area contributed by atoms with E-state index in [0.717, 1.165) is 12.1 Å². The first-order valence-corrected chi connectivity index (χ1v) is 7.51. The standard InChI is InChI=1S/C11H15BrFNO3S/c1-11(2,7-15)6-14-18(16,17)10-4-3-8(13)5-9(10)12/h3-5,14-15H,6-7H2,1-2H3. The molecule has 1 aromatic carbocycles. The van der Waals surface area contributed by atoms with Gasteiger partial charge in [-0.25, -0.2) is 17.5 Å². The van der Waals surface area contributed by atoms with Crippen LogP contribution in [0.3, 0.4) is 0 Å². The summed E-state index contributed by atoms with van der Waals surface area (Å²) in [7, 11) is -3.73. The van der Waals surface area contributed by atoms with E-state index in [1.807, 2.05) is 0 Å². The molecule has 7 heteroatoms. The number of aliphatic hydroxyl groups excluding tert-OH is 1. The number of rotatable bonds is 5. The summed E-state index contributed by atoms with van der Waals surface area (Å²) >= 11 is 3.01. The van der Waals surface area contributed by atoms with Gasteiger partial charge >= 0.3 is 0 Å². The highest BCUT2D eigenvalue weighted by molar-refractivity contribution is 9.10. The zero-order chi connectivity index (χ0) is 14.0. The van der Waals surface area contributed by atoms with E-state index in [0.29, 0.717) is 0 Å². The smallest absolute Gasteiger partial charge is 0.241 e. The van der Waals surface area contributed by atoms with Crippen LogP contribution in [0.2, 0.25) is 0 Å². The molecule has 0 fully saturated rings. The van der Waals surface area contributed by atoms with Crippen molar-refractivity contribution in [1.29, 1.82) is 0 Å². The molecule has 4 nitrogen and oxygen atoms in total. The average Bonchev–Trinajstić information content (AvgIpc) is 2.26. The van der Waals surface area contributed by atoms with Crippen molar-refractivity contribution in [1.82, 2.24) is 4.72 Å². The number of nitrogens with one attached hydrogen (secondary N) is 1. The summed E-state index contributed by atoms with van der Waals surface area (Å²) in [5, 5.41) is 9.06. The van der Waals surface area contributed by atoms with Gasteiger partial charge in [0.25, 0.3) is 0 Å². The number of sulfonamides is 1. The molecule has 0 saturated carbocycles. The van der Waals surface area contributed by atoms with E-state index >= 15 is 0 Å². The maximum Gasteiger partial charge on any atom is 0.241 e. The van der Waals surface area contributed by atoms with Gasteiger partial charge in [0.2, 0.25) is 10.0 Å². The molecule has 102 valence electrons. The summed E-state index contributed by atoms with van der Waals surface area (Å²) in [4.78, 5) is -0.0300. The molecule has 0 aliphatic carbocycles. The highest BCUT2D eigenvalue weighted by atomic mass is 79.9. The third-order valence-corrected chi connectivity index (χ3v) is 4.73. The summed E-state index contributed by atoms with van der Waals surface area (Å²) < 4.78 is 39.4. The number of benzene rings is 1. The van der Waals surface area contributed by atoms with Crippen molar-refractivity contribution >= 4 is 26.0 Å². The molecule has 0 aromatic heterocycles. The average molecular weight is 340 g/mol. The summed E-state index contributed by atoms with van der Waals surface area (Å²) in [5.41, 5.74) is -0.556. The first-order valence-electron chi connectivity index (χ1n) is 5.23. The molecule has 0 atom stereocenters. The van der Waals surface area contributed by atoms with Gasteiger partial charge in [-0.3, -0.25) is 0 Å². The highest BCUT2D eigenvalue weighted by Gasteiger charge is 2.23. The third-order valence-electron chi connectivity index (χ3n) is 2.35. The number of aliphatic hydroxyl groups is 1. The number of halogens is 2. The molecule has 0 unspecified atom stereocenters. The minimum absolute atomic E-state index is 0.0300. The monoisotopic (exact) mass is 339 g/mol. The molecule has 0 radical (unpaired) electrons. The van der Waals surface area contributed by atoms with E-state index in [9.17, 15) is 12.8 Å². The molecule has 0 bridgehead atoms. The van der Waals surface area contributed by atoms with Crippen LogP contribution in [0.5, 0.6) is 0 Å². The van der Waals surface area contributed by atoms with Gasteiger partial charge < -0.3 is 5.11 Å². The van der Waals surface area contributed by atoms with Crippen LogP contribution in [0.4, 0.5) is 4.39 Å². The lowest BCUT2D eigenvalue weighted by Gasteiger charge is -2.22. The van der Waals surface area contributed by atoms with Crippen molar-refractivity contribution in [3.63, 3.8) is 0 Å². The van der Waals surface area contributed by atoms with E-state index in [1.165, 1.54) is 6.07 Å². The highest BCUT2D eigenvalue weighted by Crippen LogP contribution is 2.23. The van der Waals surface area contributed by atoms with Crippen LogP contribution in [0.25, 0.3) is 0 Å². The predicted octanol–water partition coefficient (Wildman–Crippen LogP) is 1.89. The second-order valence-electron chi connectivity index (χ2n) is 4.72. The molecular weight excluding hydrogens is 325 g/mol. The van der Waals surface area contributed by atoms with Crippen LogP contribution in [0.1, 0.15) is 13.8 Å². The lowest BCUT2D eigenvalue weighted by atomic mass is 9.96. The summed E-state index contributed by atoms with van der Waals surface area (Å²) in [5.74, 6) is -0.517. The van der Waals surface area contributed by atoms with Crippen molar-refractivity contribution in [3.05, 3.63) is 28.5 Å². The second-order valence-corrected chi connectivity index (χ2v) is 7.31. The van der Waals surface area contributed by atoms with Crippen molar-refractivity contribution in [2.45, 2.75) is 18.7 Å². The maximum atomic E-state index is 12.9. The Hall–Kier alpha value is -0.500. The number of hydrogen-bond acceptors (Lipinski definition) is 3. The van der Waals surface area contributed by atoms with Gasteiger partial charge in [-0.05, 0) is 34.1 Å². The van der Waals surface area contributed by atoms with Crippen LogP contribution in [-0.2, 0) is 10.0 Å².